The fraction of sp³-hybridized carbons (Fsp3) is 0.214. The molecule has 6 rings (SSSR count). The molecule has 0 saturated carbocycles. The van der Waals surface area contributed by atoms with Crippen LogP contribution in [0, 0.1) is 12.7 Å². The average molecular weight is 547 g/mol. The second-order valence-corrected chi connectivity index (χ2v) is 10.0. The molecule has 1 N–H and O–H groups in total. The number of halogens is 1. The van der Waals surface area contributed by atoms with Crippen LogP contribution in [0.3, 0.4) is 0 Å². The summed E-state index contributed by atoms with van der Waals surface area (Å²) in [6.07, 6.45) is 0.793. The van der Waals surface area contributed by atoms with Gasteiger partial charge in [0.25, 0.3) is 0 Å². The summed E-state index contributed by atoms with van der Waals surface area (Å²) in [6, 6.07) is 12.2. The number of thiazole rings is 1. The molecule has 0 radical (unpaired) electrons. The van der Waals surface area contributed by atoms with Gasteiger partial charge in [-0.05, 0) is 48.9 Å². The lowest BCUT2D eigenvalue weighted by molar-refractivity contribution is 0.100. The number of benzene rings is 3. The van der Waals surface area contributed by atoms with Crippen LogP contribution in [0.2, 0.25) is 0 Å². The summed E-state index contributed by atoms with van der Waals surface area (Å²) in [5, 5.41) is 3.35. The molecular formula is C28H23FN4O5S. The van der Waals surface area contributed by atoms with Crippen LogP contribution in [0.4, 0.5) is 14.9 Å². The maximum absolute atomic E-state index is 15.0. The molecule has 39 heavy (non-hydrogen) atoms. The molecule has 0 spiro atoms. The Labute approximate surface area is 226 Å². The molecule has 1 atom stereocenters. The van der Waals surface area contributed by atoms with Crippen LogP contribution >= 0.6 is 11.3 Å². The summed E-state index contributed by atoms with van der Waals surface area (Å²) >= 11 is 1.44. The van der Waals surface area contributed by atoms with Gasteiger partial charge in [-0.2, -0.15) is 0 Å². The van der Waals surface area contributed by atoms with Crippen molar-refractivity contribution in [1.29, 1.82) is 0 Å². The zero-order chi connectivity index (χ0) is 27.1. The van der Waals surface area contributed by atoms with Gasteiger partial charge in [-0.1, -0.05) is 0 Å². The van der Waals surface area contributed by atoms with Crippen LogP contribution < -0.4 is 19.5 Å². The van der Waals surface area contributed by atoms with E-state index in [1.165, 1.54) is 17.4 Å². The summed E-state index contributed by atoms with van der Waals surface area (Å²) in [6.45, 7) is 1.93. The highest BCUT2D eigenvalue weighted by Crippen LogP contribution is 2.43. The molecule has 1 amide bonds. The second kappa shape index (κ2) is 9.99. The number of amides is 1. The van der Waals surface area contributed by atoms with Crippen LogP contribution in [0.5, 0.6) is 17.4 Å². The van der Waals surface area contributed by atoms with Crippen molar-refractivity contribution in [1.82, 2.24) is 15.0 Å². The Balaban J connectivity index is 1.23. The topological polar surface area (TPSA) is 105 Å². The molecule has 1 aliphatic rings. The van der Waals surface area contributed by atoms with E-state index in [0.717, 1.165) is 15.8 Å². The van der Waals surface area contributed by atoms with Gasteiger partial charge < -0.3 is 18.9 Å². The lowest BCUT2D eigenvalue weighted by Gasteiger charge is -2.12. The van der Waals surface area contributed by atoms with Crippen LogP contribution in [0.25, 0.3) is 31.8 Å². The number of hydrogen-bond donors (Lipinski definition) is 1. The highest BCUT2D eigenvalue weighted by atomic mass is 32.1. The Kier molecular flexibility index (Phi) is 6.35. The molecule has 5 aromatic rings. The predicted molar refractivity (Wildman–Crippen MR) is 145 cm³/mol. The Morgan fingerprint density at radius 3 is 2.72 bits per heavy atom. The zero-order valence-corrected chi connectivity index (χ0v) is 22.1. The highest BCUT2D eigenvalue weighted by Gasteiger charge is 2.31. The number of aromatic nitrogens is 3. The SMILES string of the molecule is COc1ccc(NC(=O)OC[C@@H]2Cc3c(c(F)cc4nc(-c5cc(C)cc6nc(OC)cnc56)sc34)O2)cc1. The first-order valence-electron chi connectivity index (χ1n) is 12.1. The molecule has 0 saturated heterocycles. The third-order valence-corrected chi connectivity index (χ3v) is 7.51. The van der Waals surface area contributed by atoms with E-state index in [2.05, 4.69) is 15.3 Å². The number of fused-ring (bicyclic) bond motifs is 4. The minimum atomic E-state index is -0.630. The Morgan fingerprint density at radius 1 is 1.13 bits per heavy atom. The van der Waals surface area contributed by atoms with Crippen molar-refractivity contribution in [3.63, 3.8) is 0 Å². The molecule has 2 aromatic heterocycles. The van der Waals surface area contributed by atoms with Gasteiger partial charge >= 0.3 is 6.09 Å². The van der Waals surface area contributed by atoms with Gasteiger partial charge in [0.15, 0.2) is 11.6 Å². The van der Waals surface area contributed by atoms with E-state index in [4.69, 9.17) is 23.9 Å². The summed E-state index contributed by atoms with van der Waals surface area (Å²) < 4.78 is 37.4. The first-order valence-corrected chi connectivity index (χ1v) is 12.9. The maximum Gasteiger partial charge on any atom is 0.411 e. The normalized spacial score (nSPS) is 14.2. The van der Waals surface area contributed by atoms with Gasteiger partial charge in [0, 0.05) is 29.3 Å². The van der Waals surface area contributed by atoms with Crippen LogP contribution in [-0.2, 0) is 11.2 Å². The summed E-state index contributed by atoms with van der Waals surface area (Å²) in [7, 11) is 3.11. The number of anilines is 1. The molecule has 0 bridgehead atoms. The van der Waals surface area contributed by atoms with E-state index >= 15 is 4.39 Å². The molecule has 0 unspecified atom stereocenters. The van der Waals surface area contributed by atoms with Crippen molar-refractivity contribution in [3.05, 3.63) is 65.6 Å². The lowest BCUT2D eigenvalue weighted by atomic mass is 10.1. The van der Waals surface area contributed by atoms with E-state index < -0.39 is 18.0 Å². The van der Waals surface area contributed by atoms with Gasteiger partial charge in [0.2, 0.25) is 5.88 Å². The smallest absolute Gasteiger partial charge is 0.411 e. The minimum Gasteiger partial charge on any atom is -0.497 e. The quantitative estimate of drug-likeness (QED) is 0.280. The van der Waals surface area contributed by atoms with Crippen molar-refractivity contribution in [2.24, 2.45) is 0 Å². The minimum absolute atomic E-state index is 0.0385. The Bertz CT molecular complexity index is 1720. The second-order valence-electron chi connectivity index (χ2n) is 9.02. The van der Waals surface area contributed by atoms with Gasteiger partial charge in [0.1, 0.15) is 23.5 Å². The fourth-order valence-electron chi connectivity index (χ4n) is 4.54. The Morgan fingerprint density at radius 2 is 1.95 bits per heavy atom. The average Bonchev–Trinajstić information content (AvgIpc) is 3.56. The molecule has 9 nitrogen and oxygen atoms in total. The number of carbonyl (C=O) groups is 1. The Hall–Kier alpha value is -4.51. The zero-order valence-electron chi connectivity index (χ0n) is 21.3. The summed E-state index contributed by atoms with van der Waals surface area (Å²) in [5.41, 5.74) is 4.98. The third-order valence-electron chi connectivity index (χ3n) is 6.34. The molecule has 3 aromatic carbocycles. The van der Waals surface area contributed by atoms with Gasteiger partial charge in [-0.15, -0.1) is 11.3 Å². The van der Waals surface area contributed by atoms with E-state index in [1.54, 1.807) is 44.7 Å². The molecular weight excluding hydrogens is 523 g/mol. The highest BCUT2D eigenvalue weighted by molar-refractivity contribution is 7.22. The number of nitrogens with one attached hydrogen (secondary N) is 1. The molecule has 1 aliphatic heterocycles. The molecule has 11 heteroatoms. The molecule has 198 valence electrons. The van der Waals surface area contributed by atoms with Crippen molar-refractivity contribution in [2.45, 2.75) is 19.4 Å². The van der Waals surface area contributed by atoms with Gasteiger partial charge in [-0.3, -0.25) is 5.32 Å². The van der Waals surface area contributed by atoms with Crippen LogP contribution in [0.15, 0.2) is 48.7 Å². The third kappa shape index (κ3) is 4.76. The molecule has 0 aliphatic carbocycles. The lowest BCUT2D eigenvalue weighted by Crippen LogP contribution is -2.25. The largest absolute Gasteiger partial charge is 0.497 e. The first-order chi connectivity index (χ1) is 18.9. The van der Waals surface area contributed by atoms with Gasteiger partial charge in [0.05, 0.1) is 41.7 Å². The molecule has 0 fully saturated rings. The summed E-state index contributed by atoms with van der Waals surface area (Å²) in [4.78, 5) is 26.1. The van der Waals surface area contributed by atoms with Crippen molar-refractivity contribution >= 4 is 44.4 Å². The van der Waals surface area contributed by atoms with E-state index in [1.807, 2.05) is 19.1 Å². The van der Waals surface area contributed by atoms with E-state index in [0.29, 0.717) is 50.9 Å². The van der Waals surface area contributed by atoms with Crippen molar-refractivity contribution in [2.75, 3.05) is 26.1 Å². The monoisotopic (exact) mass is 546 g/mol. The number of hydrogen-bond acceptors (Lipinski definition) is 9. The number of rotatable bonds is 6. The maximum atomic E-state index is 15.0. The predicted octanol–water partition coefficient (Wildman–Crippen LogP) is 5.92. The standard InChI is InChI=1S/C28H23FN4O5S/c1-14-8-18(24-21(9-14)32-23(36-3)12-30-24)27-33-22-11-20(29)25-19(26(22)39-27)10-17(38-25)13-37-28(34)31-15-4-6-16(35-2)7-5-15/h4-9,11-12,17H,10,13H2,1-3H3,(H,31,34)/t17-/m0/s1. The number of aryl methyl sites for hydroxylation is 1. The van der Waals surface area contributed by atoms with Crippen molar-refractivity contribution in [3.8, 4) is 28.0 Å². The number of nitrogens with zero attached hydrogens (tertiary/aromatic N) is 3. The first kappa shape index (κ1) is 24.8. The number of methoxy groups -OCH3 is 2. The van der Waals surface area contributed by atoms with Crippen LogP contribution in [0.1, 0.15) is 11.1 Å². The number of ether oxygens (including phenoxy) is 4. The van der Waals surface area contributed by atoms with Gasteiger partial charge in [-0.25, -0.2) is 24.1 Å². The van der Waals surface area contributed by atoms with Crippen LogP contribution in [-0.4, -0.2) is 48.0 Å². The van der Waals surface area contributed by atoms with Crippen molar-refractivity contribution < 1.29 is 28.1 Å². The number of carbonyl (C=O) groups excluding carboxylic acids is 1. The fourth-order valence-corrected chi connectivity index (χ4v) is 5.65. The summed E-state index contributed by atoms with van der Waals surface area (Å²) in [5.74, 6) is 0.763. The van der Waals surface area contributed by atoms with E-state index in [-0.39, 0.29) is 12.4 Å². The van der Waals surface area contributed by atoms with E-state index in [9.17, 15) is 4.79 Å². The molecule has 3 heterocycles.